The molecule has 1 N–H and O–H groups in total. The van der Waals surface area contributed by atoms with Crippen LogP contribution in [0.5, 0.6) is 11.5 Å². The smallest absolute Gasteiger partial charge is 0.120 e. The number of ether oxygens (including phenoxy) is 2. The molecule has 3 aromatic rings. The largest absolute Gasteiger partial charge is 0.492 e. The number of halogens is 1. The first-order valence-corrected chi connectivity index (χ1v) is 11.4. The van der Waals surface area contributed by atoms with Gasteiger partial charge in [-0.3, -0.25) is 4.90 Å². The number of aliphatic hydroxyl groups is 1. The fourth-order valence-corrected chi connectivity index (χ4v) is 4.12. The van der Waals surface area contributed by atoms with Gasteiger partial charge in [-0.25, -0.2) is 4.98 Å². The third-order valence-corrected chi connectivity index (χ3v) is 6.15. The summed E-state index contributed by atoms with van der Waals surface area (Å²) in [5.74, 6) is 2.56. The van der Waals surface area contributed by atoms with Gasteiger partial charge in [0.2, 0.25) is 0 Å². The van der Waals surface area contributed by atoms with Crippen molar-refractivity contribution in [2.75, 3.05) is 26.3 Å². The number of likely N-dealkylation sites (tertiary alicyclic amines) is 1. The van der Waals surface area contributed by atoms with Gasteiger partial charge in [0.15, 0.2) is 0 Å². The van der Waals surface area contributed by atoms with Crippen molar-refractivity contribution in [3.8, 4) is 11.5 Å². The number of aromatic nitrogens is 2. The molecule has 0 unspecified atom stereocenters. The summed E-state index contributed by atoms with van der Waals surface area (Å²) in [6.45, 7) is 6.12. The lowest BCUT2D eigenvalue weighted by Gasteiger charge is -2.38. The molecule has 0 amide bonds. The summed E-state index contributed by atoms with van der Waals surface area (Å²) < 4.78 is 13.8. The highest BCUT2D eigenvalue weighted by atomic mass is 35.5. The highest BCUT2D eigenvalue weighted by Crippen LogP contribution is 2.26. The molecule has 2 aromatic carbocycles. The normalized spacial score (nSPS) is 16.1. The Labute approximate surface area is 194 Å². The van der Waals surface area contributed by atoms with Crippen molar-refractivity contribution in [2.24, 2.45) is 0 Å². The molecular weight excluding hydrogens is 426 g/mol. The van der Waals surface area contributed by atoms with E-state index in [1.807, 2.05) is 43.5 Å². The lowest BCUT2D eigenvalue weighted by Crippen LogP contribution is -2.47. The summed E-state index contributed by atoms with van der Waals surface area (Å²) in [6, 6.07) is 15.5. The van der Waals surface area contributed by atoms with Gasteiger partial charge in [-0.05, 0) is 55.7 Å². The van der Waals surface area contributed by atoms with Crippen LogP contribution in [0.3, 0.4) is 0 Å². The molecule has 0 saturated carbocycles. The maximum absolute atomic E-state index is 10.9. The molecule has 170 valence electrons. The van der Waals surface area contributed by atoms with Gasteiger partial charge in [-0.1, -0.05) is 29.8 Å². The van der Waals surface area contributed by atoms with Crippen molar-refractivity contribution in [2.45, 2.75) is 38.5 Å². The Kier molecular flexibility index (Phi) is 7.35. The number of benzene rings is 2. The molecule has 6 nitrogen and oxygen atoms in total. The molecule has 32 heavy (non-hydrogen) atoms. The number of hydrogen-bond donors (Lipinski definition) is 1. The molecule has 2 heterocycles. The summed E-state index contributed by atoms with van der Waals surface area (Å²) in [5, 5.41) is 11.5. The van der Waals surface area contributed by atoms with Gasteiger partial charge >= 0.3 is 0 Å². The van der Waals surface area contributed by atoms with E-state index in [0.29, 0.717) is 30.2 Å². The maximum Gasteiger partial charge on any atom is 0.120 e. The third-order valence-electron chi connectivity index (χ3n) is 5.92. The number of piperidine rings is 1. The van der Waals surface area contributed by atoms with E-state index in [4.69, 9.17) is 21.1 Å². The Bertz CT molecular complexity index is 1010. The molecule has 1 aliphatic rings. The van der Waals surface area contributed by atoms with Crippen LogP contribution in [0.15, 0.2) is 60.9 Å². The zero-order valence-electron chi connectivity index (χ0n) is 18.4. The molecule has 0 aliphatic carbocycles. The second kappa shape index (κ2) is 10.4. The first kappa shape index (κ1) is 22.6. The van der Waals surface area contributed by atoms with E-state index in [1.165, 1.54) is 5.56 Å². The van der Waals surface area contributed by atoms with E-state index < -0.39 is 5.60 Å². The predicted molar refractivity (Wildman–Crippen MR) is 125 cm³/mol. The van der Waals surface area contributed by atoms with Crippen LogP contribution in [0.4, 0.5) is 0 Å². The minimum absolute atomic E-state index is 0.279. The highest BCUT2D eigenvalue weighted by Gasteiger charge is 2.33. The van der Waals surface area contributed by atoms with E-state index in [9.17, 15) is 5.11 Å². The second-order valence-corrected chi connectivity index (χ2v) is 8.85. The Morgan fingerprint density at radius 2 is 1.81 bits per heavy atom. The van der Waals surface area contributed by atoms with Crippen molar-refractivity contribution < 1.29 is 14.6 Å². The molecule has 0 bridgehead atoms. The quantitative estimate of drug-likeness (QED) is 0.520. The number of aryl methyl sites for hydroxylation is 1. The zero-order chi connectivity index (χ0) is 22.4. The zero-order valence-corrected chi connectivity index (χ0v) is 19.2. The van der Waals surface area contributed by atoms with E-state index in [2.05, 4.69) is 26.6 Å². The Morgan fingerprint density at radius 1 is 1.06 bits per heavy atom. The van der Waals surface area contributed by atoms with Crippen LogP contribution < -0.4 is 9.47 Å². The minimum atomic E-state index is -0.810. The molecular formula is C25H30ClN3O3. The number of nitrogens with zero attached hydrogens (tertiary/aromatic N) is 3. The second-order valence-electron chi connectivity index (χ2n) is 8.41. The third kappa shape index (κ3) is 6.25. The van der Waals surface area contributed by atoms with E-state index in [-0.39, 0.29) is 6.61 Å². The van der Waals surface area contributed by atoms with Crippen LogP contribution in [-0.4, -0.2) is 51.5 Å². The molecule has 1 fully saturated rings. The fourth-order valence-electron chi connectivity index (χ4n) is 3.94. The van der Waals surface area contributed by atoms with Crippen LogP contribution in [0.2, 0.25) is 5.02 Å². The lowest BCUT2D eigenvalue weighted by atomic mass is 9.92. The Balaban J connectivity index is 1.23. The maximum atomic E-state index is 10.9. The molecule has 0 radical (unpaired) electrons. The first-order chi connectivity index (χ1) is 15.5. The van der Waals surface area contributed by atoms with Gasteiger partial charge in [0.1, 0.15) is 36.1 Å². The van der Waals surface area contributed by atoms with E-state index in [1.54, 1.807) is 12.3 Å². The van der Waals surface area contributed by atoms with Crippen molar-refractivity contribution in [3.05, 3.63) is 77.3 Å². The average Bonchev–Trinajstić information content (AvgIpc) is 3.19. The van der Waals surface area contributed by atoms with Gasteiger partial charge in [0, 0.05) is 37.1 Å². The summed E-state index contributed by atoms with van der Waals surface area (Å²) >= 11 is 6.00. The van der Waals surface area contributed by atoms with Crippen molar-refractivity contribution in [1.29, 1.82) is 0 Å². The van der Waals surface area contributed by atoms with Crippen LogP contribution >= 0.6 is 11.6 Å². The predicted octanol–water partition coefficient (Wildman–Crippen LogP) is 4.33. The summed E-state index contributed by atoms with van der Waals surface area (Å²) in [4.78, 5) is 6.60. The molecule has 1 saturated heterocycles. The number of imidazole rings is 1. The Morgan fingerprint density at radius 3 is 2.53 bits per heavy atom. The van der Waals surface area contributed by atoms with Crippen LogP contribution in [0.1, 0.15) is 24.2 Å². The van der Waals surface area contributed by atoms with Gasteiger partial charge in [-0.2, -0.15) is 0 Å². The van der Waals surface area contributed by atoms with Crippen molar-refractivity contribution in [1.82, 2.24) is 14.5 Å². The molecule has 1 aliphatic heterocycles. The average molecular weight is 456 g/mol. The molecule has 0 atom stereocenters. The molecule has 1 aromatic heterocycles. The van der Waals surface area contributed by atoms with Gasteiger partial charge in [0.05, 0.1) is 6.54 Å². The fraction of sp³-hybridized carbons (Fsp3) is 0.400. The SMILES string of the molecule is Cc1nccn1CCOc1cccc(CN2CCC(O)(COc3cccc(Cl)c3)CC2)c1. The van der Waals surface area contributed by atoms with Crippen molar-refractivity contribution >= 4 is 11.6 Å². The van der Waals surface area contributed by atoms with Gasteiger partial charge < -0.3 is 19.1 Å². The summed E-state index contributed by atoms with van der Waals surface area (Å²) in [7, 11) is 0. The lowest BCUT2D eigenvalue weighted by molar-refractivity contribution is -0.0537. The first-order valence-electron chi connectivity index (χ1n) is 11.0. The van der Waals surface area contributed by atoms with Gasteiger partial charge in [-0.15, -0.1) is 0 Å². The summed E-state index contributed by atoms with van der Waals surface area (Å²) in [5.41, 5.74) is 0.400. The van der Waals surface area contributed by atoms with E-state index >= 15 is 0 Å². The van der Waals surface area contributed by atoms with Crippen molar-refractivity contribution in [3.63, 3.8) is 0 Å². The molecule has 4 rings (SSSR count). The number of rotatable bonds is 9. The van der Waals surface area contributed by atoms with E-state index in [0.717, 1.165) is 37.8 Å². The summed E-state index contributed by atoms with van der Waals surface area (Å²) in [6.07, 6.45) is 5.12. The Hall–Kier alpha value is -2.54. The minimum Gasteiger partial charge on any atom is -0.492 e. The van der Waals surface area contributed by atoms with Crippen LogP contribution in [-0.2, 0) is 13.1 Å². The molecule has 7 heteroatoms. The standard InChI is InChI=1S/C25H30ClN3O3/c1-20-27-10-13-29(20)14-15-31-23-6-2-4-21(16-23)18-28-11-8-25(30,9-12-28)19-32-24-7-3-5-22(26)17-24/h2-7,10,13,16-17,30H,8-9,11-12,14-15,18-19H2,1H3. The topological polar surface area (TPSA) is 59.8 Å². The van der Waals surface area contributed by atoms with Gasteiger partial charge in [0.25, 0.3) is 0 Å². The molecule has 0 spiro atoms. The highest BCUT2D eigenvalue weighted by molar-refractivity contribution is 6.30. The van der Waals surface area contributed by atoms with Crippen LogP contribution in [0, 0.1) is 6.92 Å². The van der Waals surface area contributed by atoms with Crippen LogP contribution in [0.25, 0.3) is 0 Å². The monoisotopic (exact) mass is 455 g/mol. The number of hydrogen-bond acceptors (Lipinski definition) is 5.